The van der Waals surface area contributed by atoms with Gasteiger partial charge in [-0.1, -0.05) is 43.3 Å². The zero-order valence-electron chi connectivity index (χ0n) is 27.1. The minimum atomic E-state index is -4.45. The fourth-order valence-corrected chi connectivity index (χ4v) is 7.76. The van der Waals surface area contributed by atoms with E-state index in [9.17, 15) is 17.6 Å². The average molecular weight is 724 g/mol. The Labute approximate surface area is 287 Å². The number of imidazole rings is 1. The molecule has 0 spiro atoms. The number of carbonyl (C=O) groups is 1. The number of ether oxygens (including phenoxy) is 1. The molecule has 0 radical (unpaired) electrons. The summed E-state index contributed by atoms with van der Waals surface area (Å²) in [5.41, 5.74) is 6.29. The van der Waals surface area contributed by atoms with Gasteiger partial charge in [0, 0.05) is 29.0 Å². The average Bonchev–Trinajstić information content (AvgIpc) is 3.45. The van der Waals surface area contributed by atoms with Gasteiger partial charge in [-0.2, -0.15) is 4.31 Å². The Morgan fingerprint density at radius 2 is 1.69 bits per heavy atom. The van der Waals surface area contributed by atoms with Crippen molar-refractivity contribution in [1.29, 1.82) is 0 Å². The van der Waals surface area contributed by atoms with Crippen LogP contribution >= 0.6 is 23.4 Å². The maximum absolute atomic E-state index is 15.5. The van der Waals surface area contributed by atoms with E-state index in [4.69, 9.17) is 22.1 Å². The molecule has 0 bridgehead atoms. The first kappa shape index (κ1) is 37.3. The molecule has 2 N–H and O–H groups in total. The molecule has 1 heterocycles. The van der Waals surface area contributed by atoms with Crippen molar-refractivity contribution in [2.45, 2.75) is 41.5 Å². The smallest absolute Gasteiger partial charge is 0.243 e. The SMILES string of the molecule is COc1cc(C(C)(C)c2cnc(SCc3c(F)cc(S(=O)(=O)N(CCCN(C)C)CC(N)=O)cc3F)n2-c2ccc(F)cc2)ccc1Cl. The number of halogens is 4. The van der Waals surface area contributed by atoms with Gasteiger partial charge in [0.25, 0.3) is 0 Å². The molecule has 0 saturated carbocycles. The third-order valence-corrected chi connectivity index (χ3v) is 10.9. The first-order valence-corrected chi connectivity index (χ1v) is 17.6. The number of carbonyl (C=O) groups excluding carboxylic acids is 1. The van der Waals surface area contributed by atoms with Crippen molar-refractivity contribution >= 4 is 39.3 Å². The van der Waals surface area contributed by atoms with E-state index in [0.29, 0.717) is 40.3 Å². The number of sulfonamides is 1. The van der Waals surface area contributed by atoms with Gasteiger partial charge >= 0.3 is 0 Å². The molecule has 9 nitrogen and oxygen atoms in total. The predicted octanol–water partition coefficient (Wildman–Crippen LogP) is 6.00. The zero-order valence-corrected chi connectivity index (χ0v) is 29.5. The van der Waals surface area contributed by atoms with Crippen molar-refractivity contribution in [1.82, 2.24) is 18.8 Å². The van der Waals surface area contributed by atoms with E-state index >= 15 is 8.78 Å². The van der Waals surface area contributed by atoms with Crippen LogP contribution in [-0.4, -0.2) is 73.9 Å². The Bertz CT molecular complexity index is 1860. The van der Waals surface area contributed by atoms with Crippen molar-refractivity contribution < 1.29 is 31.1 Å². The van der Waals surface area contributed by atoms with Crippen molar-refractivity contribution in [2.24, 2.45) is 5.73 Å². The second kappa shape index (κ2) is 15.3. The van der Waals surface area contributed by atoms with Crippen LogP contribution in [0.4, 0.5) is 13.2 Å². The van der Waals surface area contributed by atoms with Gasteiger partial charge in [-0.05, 0) is 81.2 Å². The molecule has 0 aliphatic rings. The van der Waals surface area contributed by atoms with Crippen molar-refractivity contribution in [3.8, 4) is 11.4 Å². The minimum Gasteiger partial charge on any atom is -0.495 e. The molecule has 4 rings (SSSR count). The highest BCUT2D eigenvalue weighted by Gasteiger charge is 2.31. The number of aromatic nitrogens is 2. The standard InChI is InChI=1S/C33H37ClF3N5O4S2/c1-33(2,21-7-12-26(34)29(15-21)46-5)30-18-39-32(42(30)23-10-8-22(35)9-11-23)47-20-25-27(36)16-24(17-28(25)37)48(44,45)41(19-31(38)43)14-6-13-40(3)4/h7-12,15-18H,6,13-14,19-20H2,1-5H3,(H2,38,43). The molecule has 15 heteroatoms. The summed E-state index contributed by atoms with van der Waals surface area (Å²) >= 11 is 7.28. The van der Waals surface area contributed by atoms with Gasteiger partial charge in [-0.15, -0.1) is 0 Å². The zero-order chi connectivity index (χ0) is 35.4. The summed E-state index contributed by atoms with van der Waals surface area (Å²) in [6, 6.07) is 12.6. The monoisotopic (exact) mass is 723 g/mol. The summed E-state index contributed by atoms with van der Waals surface area (Å²) in [4.78, 5) is 17.4. The number of methoxy groups -OCH3 is 1. The van der Waals surface area contributed by atoms with Crippen LogP contribution in [0.2, 0.25) is 5.02 Å². The first-order chi connectivity index (χ1) is 22.6. The highest BCUT2D eigenvalue weighted by atomic mass is 35.5. The van der Waals surface area contributed by atoms with Crippen molar-refractivity contribution in [2.75, 3.05) is 40.8 Å². The molecule has 0 aliphatic heterocycles. The number of nitrogens with zero attached hydrogens (tertiary/aromatic N) is 4. The number of benzene rings is 3. The predicted molar refractivity (Wildman–Crippen MR) is 181 cm³/mol. The number of thioether (sulfide) groups is 1. The maximum atomic E-state index is 15.5. The number of amides is 1. The van der Waals surface area contributed by atoms with Crippen LogP contribution in [0.3, 0.4) is 0 Å². The summed E-state index contributed by atoms with van der Waals surface area (Å²) in [6.45, 7) is 3.73. The number of hydrogen-bond donors (Lipinski definition) is 1. The summed E-state index contributed by atoms with van der Waals surface area (Å²) < 4.78 is 79.6. The molecule has 0 fully saturated rings. The highest BCUT2D eigenvalue weighted by molar-refractivity contribution is 7.98. The summed E-state index contributed by atoms with van der Waals surface area (Å²) in [6.07, 6.45) is 2.00. The Kier molecular flexibility index (Phi) is 11.9. The van der Waals surface area contributed by atoms with Crippen LogP contribution in [0, 0.1) is 17.5 Å². The third-order valence-electron chi connectivity index (χ3n) is 7.77. The van der Waals surface area contributed by atoms with Gasteiger partial charge < -0.3 is 15.4 Å². The van der Waals surface area contributed by atoms with Gasteiger partial charge in [0.1, 0.15) is 23.2 Å². The lowest BCUT2D eigenvalue weighted by atomic mass is 9.81. The molecule has 0 unspecified atom stereocenters. The molecule has 3 aromatic carbocycles. The molecule has 0 aliphatic carbocycles. The van der Waals surface area contributed by atoms with Gasteiger partial charge in [0.15, 0.2) is 5.16 Å². The lowest BCUT2D eigenvalue weighted by Crippen LogP contribution is -2.39. The third kappa shape index (κ3) is 8.35. The molecule has 1 aromatic heterocycles. The van der Waals surface area contributed by atoms with Gasteiger partial charge in [0.2, 0.25) is 15.9 Å². The maximum Gasteiger partial charge on any atom is 0.243 e. The Morgan fingerprint density at radius 1 is 1.04 bits per heavy atom. The topological polar surface area (TPSA) is 111 Å². The quantitative estimate of drug-likeness (QED) is 0.150. The van der Waals surface area contributed by atoms with E-state index in [2.05, 4.69) is 4.98 Å². The molecule has 0 atom stereocenters. The van der Waals surface area contributed by atoms with E-state index in [0.717, 1.165) is 33.8 Å². The van der Waals surface area contributed by atoms with E-state index in [1.165, 1.54) is 19.2 Å². The van der Waals surface area contributed by atoms with E-state index in [1.807, 2.05) is 30.9 Å². The van der Waals surface area contributed by atoms with E-state index < -0.39 is 50.2 Å². The van der Waals surface area contributed by atoms with E-state index in [-0.39, 0.29) is 17.9 Å². The molecular weight excluding hydrogens is 687 g/mol. The summed E-state index contributed by atoms with van der Waals surface area (Å²) in [7, 11) is 0.669. The second-order valence-electron chi connectivity index (χ2n) is 11.8. The van der Waals surface area contributed by atoms with Crippen molar-refractivity contribution in [3.63, 3.8) is 0 Å². The summed E-state index contributed by atoms with van der Waals surface area (Å²) in [5, 5.41) is 0.794. The van der Waals surface area contributed by atoms with E-state index in [1.54, 1.807) is 43.1 Å². The molecule has 0 saturated heterocycles. The van der Waals surface area contributed by atoms with Gasteiger partial charge in [0.05, 0.1) is 35.5 Å². The Morgan fingerprint density at radius 3 is 2.27 bits per heavy atom. The first-order valence-electron chi connectivity index (χ1n) is 14.8. The van der Waals surface area contributed by atoms with Crippen LogP contribution in [0.15, 0.2) is 70.8 Å². The molecule has 48 heavy (non-hydrogen) atoms. The fraction of sp³-hybridized carbons (Fsp3) is 0.333. The van der Waals surface area contributed by atoms with Crippen LogP contribution in [0.25, 0.3) is 5.69 Å². The fourth-order valence-electron chi connectivity index (χ4n) is 5.09. The Hall–Kier alpha value is -3.56. The van der Waals surface area contributed by atoms with Crippen LogP contribution in [0.5, 0.6) is 5.75 Å². The number of rotatable bonds is 15. The molecule has 4 aromatic rings. The Balaban J connectivity index is 1.69. The molecule has 1 amide bonds. The lowest BCUT2D eigenvalue weighted by Gasteiger charge is -2.28. The second-order valence-corrected chi connectivity index (χ2v) is 15.1. The van der Waals surface area contributed by atoms with Crippen molar-refractivity contribution in [3.05, 3.63) is 100 Å². The van der Waals surface area contributed by atoms with Gasteiger partial charge in [-0.3, -0.25) is 9.36 Å². The number of hydrogen-bond acceptors (Lipinski definition) is 7. The lowest BCUT2D eigenvalue weighted by molar-refractivity contribution is -0.118. The molecular formula is C33H37ClF3N5O4S2. The number of primary amides is 1. The highest BCUT2D eigenvalue weighted by Crippen LogP contribution is 2.39. The van der Waals surface area contributed by atoms with Crippen LogP contribution in [0.1, 0.15) is 37.1 Å². The normalized spacial score (nSPS) is 12.2. The van der Waals surface area contributed by atoms with Crippen LogP contribution < -0.4 is 10.5 Å². The number of nitrogens with two attached hydrogens (primary N) is 1. The largest absolute Gasteiger partial charge is 0.495 e. The summed E-state index contributed by atoms with van der Waals surface area (Å²) in [5.74, 6) is -3.27. The molecule has 258 valence electrons. The van der Waals surface area contributed by atoms with Crippen LogP contribution in [-0.2, 0) is 26.0 Å². The minimum absolute atomic E-state index is 0.0716. The van der Waals surface area contributed by atoms with Gasteiger partial charge in [-0.25, -0.2) is 26.6 Å².